The number of alkyl halides is 2. The second-order valence-corrected chi connectivity index (χ2v) is 4.11. The van der Waals surface area contributed by atoms with E-state index in [2.05, 4.69) is 0 Å². The van der Waals surface area contributed by atoms with E-state index < -0.39 is 17.7 Å². The summed E-state index contributed by atoms with van der Waals surface area (Å²) in [6.45, 7) is 0.196. The molecule has 2 rings (SSSR count). The Morgan fingerprint density at radius 1 is 1.47 bits per heavy atom. The highest BCUT2D eigenvalue weighted by atomic mass is 19.3. The fourth-order valence-electron chi connectivity index (χ4n) is 1.51. The van der Waals surface area contributed by atoms with Crippen LogP contribution >= 0.6 is 0 Å². The first-order chi connectivity index (χ1) is 8.00. The molecule has 1 aromatic carbocycles. The molecule has 3 nitrogen and oxygen atoms in total. The van der Waals surface area contributed by atoms with Crippen molar-refractivity contribution in [2.45, 2.75) is 19.0 Å². The molecule has 0 radical (unpaired) electrons. The topological polar surface area (TPSA) is 29.5 Å². The lowest BCUT2D eigenvalue weighted by molar-refractivity contribution is -0.186. The lowest BCUT2D eigenvalue weighted by Crippen LogP contribution is -2.30. The average Bonchev–Trinajstić information content (AvgIpc) is 2.96. The summed E-state index contributed by atoms with van der Waals surface area (Å²) in [4.78, 5) is 16.6. The molecule has 92 valence electrons. The van der Waals surface area contributed by atoms with Gasteiger partial charge in [0, 0.05) is 13.5 Å². The van der Waals surface area contributed by atoms with Crippen LogP contribution in [-0.4, -0.2) is 23.9 Å². The molecule has 0 heterocycles. The van der Waals surface area contributed by atoms with E-state index in [4.69, 9.17) is 4.84 Å². The Morgan fingerprint density at radius 3 is 2.59 bits per heavy atom. The lowest BCUT2D eigenvalue weighted by atomic mass is 10.2. The third kappa shape index (κ3) is 2.79. The van der Waals surface area contributed by atoms with Crippen LogP contribution in [0.4, 0.5) is 8.78 Å². The Morgan fingerprint density at radius 2 is 2.06 bits per heavy atom. The number of benzene rings is 1. The van der Waals surface area contributed by atoms with Crippen LogP contribution in [0.3, 0.4) is 0 Å². The van der Waals surface area contributed by atoms with E-state index in [0.717, 1.165) is 10.6 Å². The summed E-state index contributed by atoms with van der Waals surface area (Å²) in [5.74, 6) is -4.71. The fraction of sp³-hybridized carbons (Fsp3) is 0.417. The average molecular weight is 241 g/mol. The van der Waals surface area contributed by atoms with Gasteiger partial charge in [-0.3, -0.25) is 9.63 Å². The van der Waals surface area contributed by atoms with Crippen molar-refractivity contribution in [2.24, 2.45) is 5.92 Å². The molecule has 0 saturated heterocycles. The van der Waals surface area contributed by atoms with Crippen molar-refractivity contribution in [3.63, 3.8) is 0 Å². The van der Waals surface area contributed by atoms with Gasteiger partial charge < -0.3 is 0 Å². The van der Waals surface area contributed by atoms with E-state index in [1.807, 2.05) is 30.3 Å². The molecule has 1 saturated carbocycles. The first-order valence-corrected chi connectivity index (χ1v) is 5.33. The van der Waals surface area contributed by atoms with Crippen molar-refractivity contribution < 1.29 is 18.4 Å². The Hall–Kier alpha value is -1.49. The van der Waals surface area contributed by atoms with Gasteiger partial charge in [0.05, 0.1) is 0 Å². The van der Waals surface area contributed by atoms with Crippen molar-refractivity contribution in [2.75, 3.05) is 7.05 Å². The predicted molar refractivity (Wildman–Crippen MR) is 57.1 cm³/mol. The van der Waals surface area contributed by atoms with Crippen LogP contribution in [-0.2, 0) is 16.2 Å². The Bertz CT molecular complexity index is 408. The molecule has 17 heavy (non-hydrogen) atoms. The summed E-state index contributed by atoms with van der Waals surface area (Å²) in [5.41, 5.74) is 0.884. The van der Waals surface area contributed by atoms with Crippen molar-refractivity contribution in [3.8, 4) is 0 Å². The maximum absolute atomic E-state index is 12.7. The zero-order chi connectivity index (χ0) is 12.5. The van der Waals surface area contributed by atoms with Gasteiger partial charge in [-0.1, -0.05) is 30.3 Å². The van der Waals surface area contributed by atoms with Gasteiger partial charge in [-0.25, -0.2) is 13.8 Å². The summed E-state index contributed by atoms with van der Waals surface area (Å²) < 4.78 is 25.3. The normalized spacial score (nSPS) is 21.0. The second-order valence-electron chi connectivity index (χ2n) is 4.11. The molecule has 1 fully saturated rings. The first-order valence-electron chi connectivity index (χ1n) is 5.33. The smallest absolute Gasteiger partial charge is 0.260 e. The quantitative estimate of drug-likeness (QED) is 0.756. The Kier molecular flexibility index (Phi) is 3.11. The summed E-state index contributed by atoms with van der Waals surface area (Å²) >= 11 is 0. The zero-order valence-electron chi connectivity index (χ0n) is 9.40. The minimum Gasteiger partial charge on any atom is -0.272 e. The molecule has 0 unspecified atom stereocenters. The number of hydroxylamine groups is 2. The Labute approximate surface area is 97.9 Å². The highest BCUT2D eigenvalue weighted by molar-refractivity contribution is 5.81. The maximum atomic E-state index is 12.7. The van der Waals surface area contributed by atoms with E-state index in [9.17, 15) is 13.6 Å². The molecule has 1 atom stereocenters. The van der Waals surface area contributed by atoms with Crippen LogP contribution in [0.2, 0.25) is 0 Å². The number of carbonyl (C=O) groups excluding carboxylic acids is 1. The van der Waals surface area contributed by atoms with Crippen molar-refractivity contribution in [1.29, 1.82) is 0 Å². The minimum absolute atomic E-state index is 0.196. The van der Waals surface area contributed by atoms with Gasteiger partial charge in [0.2, 0.25) is 0 Å². The van der Waals surface area contributed by atoms with Crippen molar-refractivity contribution in [1.82, 2.24) is 5.06 Å². The van der Waals surface area contributed by atoms with E-state index in [1.54, 1.807) is 0 Å². The fourth-order valence-corrected chi connectivity index (χ4v) is 1.51. The molecule has 1 aliphatic rings. The van der Waals surface area contributed by atoms with Crippen molar-refractivity contribution in [3.05, 3.63) is 35.9 Å². The molecule has 0 aromatic heterocycles. The summed E-state index contributed by atoms with van der Waals surface area (Å²) in [6, 6.07) is 9.22. The van der Waals surface area contributed by atoms with Gasteiger partial charge in [0.15, 0.2) is 0 Å². The molecule has 0 spiro atoms. The summed E-state index contributed by atoms with van der Waals surface area (Å²) in [6.07, 6.45) is -0.370. The minimum atomic E-state index is -2.85. The van der Waals surface area contributed by atoms with Crippen LogP contribution in [0.15, 0.2) is 30.3 Å². The van der Waals surface area contributed by atoms with Crippen LogP contribution in [0, 0.1) is 5.92 Å². The molecule has 1 aliphatic carbocycles. The number of rotatable bonds is 4. The van der Waals surface area contributed by atoms with Gasteiger partial charge in [0.25, 0.3) is 11.8 Å². The highest BCUT2D eigenvalue weighted by Crippen LogP contribution is 2.49. The predicted octanol–water partition coefficient (Wildman–Crippen LogP) is 2.23. The first kappa shape index (κ1) is 12.0. The Balaban J connectivity index is 1.82. The third-order valence-electron chi connectivity index (χ3n) is 2.70. The molecule has 5 heteroatoms. The van der Waals surface area contributed by atoms with Crippen LogP contribution in [0.25, 0.3) is 0 Å². The monoisotopic (exact) mass is 241 g/mol. The molecule has 0 aliphatic heterocycles. The van der Waals surface area contributed by atoms with Crippen LogP contribution in [0.1, 0.15) is 12.0 Å². The van der Waals surface area contributed by atoms with Gasteiger partial charge in [-0.05, 0) is 5.56 Å². The number of amides is 1. The second kappa shape index (κ2) is 4.41. The van der Waals surface area contributed by atoms with Gasteiger partial charge in [-0.15, -0.1) is 0 Å². The standard InChI is InChI=1S/C12H13F2NO2/c1-15(11(16)10-7-12(10,13)14)17-8-9-5-3-2-4-6-9/h2-6,10H,7-8H2,1H3/t10-/m1/s1. The van der Waals surface area contributed by atoms with Crippen molar-refractivity contribution >= 4 is 5.91 Å². The van der Waals surface area contributed by atoms with Gasteiger partial charge in [0.1, 0.15) is 12.5 Å². The van der Waals surface area contributed by atoms with Crippen LogP contribution in [0.5, 0.6) is 0 Å². The lowest BCUT2D eigenvalue weighted by Gasteiger charge is -2.16. The number of carbonyl (C=O) groups is 1. The van der Waals surface area contributed by atoms with Crippen LogP contribution < -0.4 is 0 Å². The molecule has 1 aromatic rings. The molecular formula is C12H13F2NO2. The maximum Gasteiger partial charge on any atom is 0.260 e. The number of nitrogens with zero attached hydrogens (tertiary/aromatic N) is 1. The van der Waals surface area contributed by atoms with E-state index in [0.29, 0.717) is 0 Å². The number of hydrogen-bond acceptors (Lipinski definition) is 2. The summed E-state index contributed by atoms with van der Waals surface area (Å²) in [5, 5.41) is 0.901. The molecule has 0 bridgehead atoms. The van der Waals surface area contributed by atoms with E-state index in [1.165, 1.54) is 7.05 Å². The summed E-state index contributed by atoms with van der Waals surface area (Å²) in [7, 11) is 1.36. The highest BCUT2D eigenvalue weighted by Gasteiger charge is 2.62. The van der Waals surface area contributed by atoms with E-state index >= 15 is 0 Å². The number of halogens is 2. The largest absolute Gasteiger partial charge is 0.272 e. The molecular weight excluding hydrogens is 228 g/mol. The molecule has 1 amide bonds. The van der Waals surface area contributed by atoms with Gasteiger partial charge in [-0.2, -0.15) is 0 Å². The van der Waals surface area contributed by atoms with E-state index in [-0.39, 0.29) is 13.0 Å². The SMILES string of the molecule is CN(OCc1ccccc1)C(=O)[C@H]1CC1(F)F. The zero-order valence-corrected chi connectivity index (χ0v) is 9.40. The molecule has 0 N–H and O–H groups in total. The van der Waals surface area contributed by atoms with Gasteiger partial charge >= 0.3 is 0 Å². The number of hydrogen-bond donors (Lipinski definition) is 0. The third-order valence-corrected chi connectivity index (χ3v) is 2.70.